The van der Waals surface area contributed by atoms with E-state index in [2.05, 4.69) is 10.2 Å². The molecular formula is C20H20Cl2FN3O2. The van der Waals surface area contributed by atoms with Crippen molar-refractivity contribution in [3.63, 3.8) is 0 Å². The van der Waals surface area contributed by atoms with Gasteiger partial charge in [0.1, 0.15) is 5.82 Å². The molecule has 1 aliphatic rings. The van der Waals surface area contributed by atoms with E-state index >= 15 is 0 Å². The molecule has 0 aromatic heterocycles. The van der Waals surface area contributed by atoms with Gasteiger partial charge in [0.2, 0.25) is 5.91 Å². The average Bonchev–Trinajstić information content (AvgIpc) is 2.69. The van der Waals surface area contributed by atoms with Crippen LogP contribution in [-0.4, -0.2) is 54.3 Å². The van der Waals surface area contributed by atoms with Crippen LogP contribution >= 0.6 is 23.2 Å². The van der Waals surface area contributed by atoms with Gasteiger partial charge in [-0.2, -0.15) is 0 Å². The fourth-order valence-electron chi connectivity index (χ4n) is 3.06. The van der Waals surface area contributed by atoms with Gasteiger partial charge in [0.05, 0.1) is 6.54 Å². The highest BCUT2D eigenvalue weighted by atomic mass is 35.5. The molecule has 0 atom stereocenters. The molecule has 1 heterocycles. The molecule has 1 fully saturated rings. The number of amides is 2. The van der Waals surface area contributed by atoms with Gasteiger partial charge in [-0.25, -0.2) is 4.39 Å². The Hall–Kier alpha value is -2.15. The first-order valence-corrected chi connectivity index (χ1v) is 9.66. The lowest BCUT2D eigenvalue weighted by atomic mass is 10.2. The van der Waals surface area contributed by atoms with Crippen LogP contribution in [-0.2, 0) is 11.3 Å². The number of hydrogen-bond acceptors (Lipinski definition) is 3. The van der Waals surface area contributed by atoms with Crippen LogP contribution in [0, 0.1) is 5.82 Å². The van der Waals surface area contributed by atoms with Crippen LogP contribution < -0.4 is 5.32 Å². The molecule has 3 rings (SSSR count). The molecule has 0 unspecified atom stereocenters. The van der Waals surface area contributed by atoms with Crippen LogP contribution in [0.4, 0.5) is 4.39 Å². The summed E-state index contributed by atoms with van der Waals surface area (Å²) >= 11 is 12.0. The third-order valence-corrected chi connectivity index (χ3v) is 5.24. The van der Waals surface area contributed by atoms with E-state index in [9.17, 15) is 14.0 Å². The SMILES string of the molecule is O=C(NCC(=O)N1CCN(Cc2c(F)cccc2Cl)CC1)c1cccc(Cl)c1. The second kappa shape index (κ2) is 9.37. The molecule has 28 heavy (non-hydrogen) atoms. The molecule has 0 aliphatic carbocycles. The largest absolute Gasteiger partial charge is 0.343 e. The van der Waals surface area contributed by atoms with Crippen LogP contribution in [0.5, 0.6) is 0 Å². The fourth-order valence-corrected chi connectivity index (χ4v) is 3.47. The molecule has 2 amide bonds. The van der Waals surface area contributed by atoms with E-state index in [0.29, 0.717) is 53.9 Å². The molecule has 2 aromatic carbocycles. The summed E-state index contributed by atoms with van der Waals surface area (Å²) in [6.45, 7) is 2.57. The zero-order valence-electron chi connectivity index (χ0n) is 15.1. The van der Waals surface area contributed by atoms with Crippen molar-refractivity contribution in [3.8, 4) is 0 Å². The Balaban J connectivity index is 1.47. The predicted molar refractivity (Wildman–Crippen MR) is 107 cm³/mol. The molecule has 0 radical (unpaired) electrons. The minimum Gasteiger partial charge on any atom is -0.343 e. The van der Waals surface area contributed by atoms with E-state index in [1.807, 2.05) is 0 Å². The molecule has 0 bridgehead atoms. The summed E-state index contributed by atoms with van der Waals surface area (Å²) in [5.74, 6) is -0.822. The summed E-state index contributed by atoms with van der Waals surface area (Å²) in [6, 6.07) is 11.2. The van der Waals surface area contributed by atoms with Crippen molar-refractivity contribution in [2.24, 2.45) is 0 Å². The molecular weight excluding hydrogens is 404 g/mol. The highest BCUT2D eigenvalue weighted by Gasteiger charge is 2.22. The first-order chi connectivity index (χ1) is 13.4. The fraction of sp³-hybridized carbons (Fsp3) is 0.300. The number of nitrogens with zero attached hydrogens (tertiary/aromatic N) is 2. The Kier molecular flexibility index (Phi) is 6.88. The highest BCUT2D eigenvalue weighted by Crippen LogP contribution is 2.21. The minimum absolute atomic E-state index is 0.0789. The van der Waals surface area contributed by atoms with Gasteiger partial charge in [0.25, 0.3) is 5.91 Å². The maximum absolute atomic E-state index is 13.9. The van der Waals surface area contributed by atoms with E-state index in [4.69, 9.17) is 23.2 Å². The molecule has 0 saturated carbocycles. The zero-order valence-corrected chi connectivity index (χ0v) is 16.6. The molecule has 0 spiro atoms. The highest BCUT2D eigenvalue weighted by molar-refractivity contribution is 6.31. The second-order valence-electron chi connectivity index (χ2n) is 6.55. The van der Waals surface area contributed by atoms with Crippen molar-refractivity contribution in [1.82, 2.24) is 15.1 Å². The van der Waals surface area contributed by atoms with Gasteiger partial charge in [0.15, 0.2) is 0 Å². The first-order valence-electron chi connectivity index (χ1n) is 8.91. The van der Waals surface area contributed by atoms with Crippen molar-refractivity contribution in [1.29, 1.82) is 0 Å². The molecule has 8 heteroatoms. The standard InChI is InChI=1S/C20H20Cl2FN3O2/c21-15-4-1-3-14(11-15)20(28)24-12-19(27)26-9-7-25(8-10-26)13-16-17(22)5-2-6-18(16)23/h1-6,11H,7-10,12-13H2,(H,24,28). The van der Waals surface area contributed by atoms with E-state index in [1.54, 1.807) is 41.3 Å². The first kappa shape index (κ1) is 20.6. The number of rotatable bonds is 5. The van der Waals surface area contributed by atoms with Gasteiger partial charge >= 0.3 is 0 Å². The number of piperazine rings is 1. The number of benzene rings is 2. The molecule has 148 valence electrons. The molecule has 1 aliphatic heterocycles. The number of nitrogens with one attached hydrogen (secondary N) is 1. The van der Waals surface area contributed by atoms with Crippen LogP contribution in [0.15, 0.2) is 42.5 Å². The van der Waals surface area contributed by atoms with Crippen molar-refractivity contribution >= 4 is 35.0 Å². The van der Waals surface area contributed by atoms with E-state index in [-0.39, 0.29) is 24.2 Å². The summed E-state index contributed by atoms with van der Waals surface area (Å²) < 4.78 is 13.9. The average molecular weight is 424 g/mol. The number of carbonyl (C=O) groups is 2. The summed E-state index contributed by atoms with van der Waals surface area (Å²) in [5, 5.41) is 3.49. The maximum atomic E-state index is 13.9. The Labute approximate surface area is 173 Å². The normalized spacial score (nSPS) is 14.8. The van der Waals surface area contributed by atoms with Crippen molar-refractivity contribution in [3.05, 3.63) is 69.5 Å². The van der Waals surface area contributed by atoms with E-state index in [0.717, 1.165) is 0 Å². The predicted octanol–water partition coefficient (Wildman–Crippen LogP) is 3.21. The van der Waals surface area contributed by atoms with Crippen molar-refractivity contribution in [2.75, 3.05) is 32.7 Å². The second-order valence-corrected chi connectivity index (χ2v) is 7.39. The number of halogens is 3. The Morgan fingerprint density at radius 2 is 1.75 bits per heavy atom. The Morgan fingerprint density at radius 1 is 1.04 bits per heavy atom. The zero-order chi connectivity index (χ0) is 20.1. The smallest absolute Gasteiger partial charge is 0.251 e. The van der Waals surface area contributed by atoms with Gasteiger partial charge in [0, 0.05) is 53.9 Å². The van der Waals surface area contributed by atoms with Crippen molar-refractivity contribution in [2.45, 2.75) is 6.54 Å². The monoisotopic (exact) mass is 423 g/mol. The van der Waals surface area contributed by atoms with E-state index < -0.39 is 0 Å². The Bertz CT molecular complexity index is 850. The van der Waals surface area contributed by atoms with E-state index in [1.165, 1.54) is 6.07 Å². The quantitative estimate of drug-likeness (QED) is 0.802. The lowest BCUT2D eigenvalue weighted by Crippen LogP contribution is -2.50. The maximum Gasteiger partial charge on any atom is 0.251 e. The molecule has 2 aromatic rings. The van der Waals surface area contributed by atoms with Crippen LogP contribution in [0.2, 0.25) is 10.0 Å². The lowest BCUT2D eigenvalue weighted by molar-refractivity contribution is -0.131. The summed E-state index contributed by atoms with van der Waals surface area (Å²) in [7, 11) is 0. The summed E-state index contributed by atoms with van der Waals surface area (Å²) in [6.07, 6.45) is 0. The third kappa shape index (κ3) is 5.22. The van der Waals surface area contributed by atoms with Gasteiger partial charge in [-0.3, -0.25) is 14.5 Å². The summed E-state index contributed by atoms with van der Waals surface area (Å²) in [4.78, 5) is 28.2. The summed E-state index contributed by atoms with van der Waals surface area (Å²) in [5.41, 5.74) is 0.879. The van der Waals surface area contributed by atoms with Crippen molar-refractivity contribution < 1.29 is 14.0 Å². The Morgan fingerprint density at radius 3 is 2.43 bits per heavy atom. The van der Waals surface area contributed by atoms with Gasteiger partial charge < -0.3 is 10.2 Å². The minimum atomic E-state index is -0.344. The van der Waals surface area contributed by atoms with Gasteiger partial charge in [-0.05, 0) is 30.3 Å². The topological polar surface area (TPSA) is 52.7 Å². The van der Waals surface area contributed by atoms with Crippen LogP contribution in [0.25, 0.3) is 0 Å². The van der Waals surface area contributed by atoms with Crippen LogP contribution in [0.3, 0.4) is 0 Å². The number of hydrogen-bond donors (Lipinski definition) is 1. The van der Waals surface area contributed by atoms with Gasteiger partial charge in [-0.15, -0.1) is 0 Å². The van der Waals surface area contributed by atoms with Gasteiger partial charge in [-0.1, -0.05) is 35.3 Å². The molecule has 1 N–H and O–H groups in total. The van der Waals surface area contributed by atoms with Crippen LogP contribution in [0.1, 0.15) is 15.9 Å². The number of carbonyl (C=O) groups excluding carboxylic acids is 2. The molecule has 1 saturated heterocycles. The molecule has 5 nitrogen and oxygen atoms in total. The third-order valence-electron chi connectivity index (χ3n) is 4.66. The lowest BCUT2D eigenvalue weighted by Gasteiger charge is -2.35.